The number of hydrogen-bond acceptors (Lipinski definition) is 4. The molecule has 0 amide bonds. The van der Waals surface area contributed by atoms with E-state index in [1.165, 1.54) is 6.42 Å². The van der Waals surface area contributed by atoms with Crippen LogP contribution in [0.4, 0.5) is 5.69 Å². The van der Waals surface area contributed by atoms with Crippen molar-refractivity contribution in [2.24, 2.45) is 0 Å². The Morgan fingerprint density at radius 3 is 2.71 bits per heavy atom. The van der Waals surface area contributed by atoms with Gasteiger partial charge < -0.3 is 10.2 Å². The van der Waals surface area contributed by atoms with E-state index in [-0.39, 0.29) is 0 Å². The quantitative estimate of drug-likeness (QED) is 0.758. The molecule has 1 aliphatic rings. The number of nitrogens with one attached hydrogen (secondary N) is 1. The maximum Gasteiger partial charge on any atom is 0.115 e. The van der Waals surface area contributed by atoms with Gasteiger partial charge in [0.1, 0.15) is 6.33 Å². The van der Waals surface area contributed by atoms with Crippen molar-refractivity contribution in [3.63, 3.8) is 0 Å². The summed E-state index contributed by atoms with van der Waals surface area (Å²) in [4.78, 5) is 10.3. The fraction of sp³-hybridized carbons (Fsp3) is 0.600. The standard InChI is InChI=1S/C10H16N4/c1-8-3-9(6-14(8)2)13-10-4-11-7-12-5-10/h4-5,7-9,13H,3,6H2,1-2H3. The van der Waals surface area contributed by atoms with Gasteiger partial charge in [-0.2, -0.15) is 0 Å². The maximum atomic E-state index is 3.98. The van der Waals surface area contributed by atoms with Gasteiger partial charge in [-0.25, -0.2) is 9.97 Å². The molecule has 0 bridgehead atoms. The minimum Gasteiger partial charge on any atom is -0.378 e. The van der Waals surface area contributed by atoms with Gasteiger partial charge >= 0.3 is 0 Å². The predicted molar refractivity (Wildman–Crippen MR) is 56.2 cm³/mol. The lowest BCUT2D eigenvalue weighted by Crippen LogP contribution is -2.24. The predicted octanol–water partition coefficient (Wildman–Crippen LogP) is 0.981. The second kappa shape index (κ2) is 3.92. The third-order valence-corrected chi connectivity index (χ3v) is 2.82. The Morgan fingerprint density at radius 2 is 2.14 bits per heavy atom. The molecule has 2 unspecified atom stereocenters. The minimum absolute atomic E-state index is 0.529. The lowest BCUT2D eigenvalue weighted by molar-refractivity contribution is 0.330. The highest BCUT2D eigenvalue weighted by Crippen LogP contribution is 2.18. The van der Waals surface area contributed by atoms with E-state index in [4.69, 9.17) is 0 Å². The molecule has 2 rings (SSSR count). The summed E-state index contributed by atoms with van der Waals surface area (Å²) in [6, 6.07) is 1.19. The summed E-state index contributed by atoms with van der Waals surface area (Å²) in [6.07, 6.45) is 6.37. The zero-order valence-corrected chi connectivity index (χ0v) is 8.64. The molecule has 0 radical (unpaired) electrons. The first-order chi connectivity index (χ1) is 6.75. The fourth-order valence-electron chi connectivity index (χ4n) is 1.91. The van der Waals surface area contributed by atoms with Gasteiger partial charge in [-0.3, -0.25) is 0 Å². The molecule has 1 aromatic heterocycles. The van der Waals surface area contributed by atoms with E-state index in [9.17, 15) is 0 Å². The fourth-order valence-corrected chi connectivity index (χ4v) is 1.91. The molecule has 1 fully saturated rings. The molecule has 2 atom stereocenters. The highest BCUT2D eigenvalue weighted by molar-refractivity contribution is 5.38. The molecule has 1 N–H and O–H groups in total. The number of hydrogen-bond donors (Lipinski definition) is 1. The van der Waals surface area contributed by atoms with Crippen molar-refractivity contribution < 1.29 is 0 Å². The summed E-state index contributed by atoms with van der Waals surface area (Å²) >= 11 is 0. The average Bonchev–Trinajstić information content (AvgIpc) is 2.47. The normalized spacial score (nSPS) is 27.9. The Balaban J connectivity index is 1.94. The largest absolute Gasteiger partial charge is 0.378 e. The molecule has 1 saturated heterocycles. The molecule has 1 aliphatic heterocycles. The van der Waals surface area contributed by atoms with Gasteiger partial charge in [-0.15, -0.1) is 0 Å². The molecule has 2 heterocycles. The van der Waals surface area contributed by atoms with Gasteiger partial charge in [-0.05, 0) is 20.4 Å². The van der Waals surface area contributed by atoms with Crippen molar-refractivity contribution in [3.8, 4) is 0 Å². The molecule has 76 valence electrons. The van der Waals surface area contributed by atoms with Crippen molar-refractivity contribution >= 4 is 5.69 Å². The number of anilines is 1. The first-order valence-electron chi connectivity index (χ1n) is 4.97. The molecule has 4 heteroatoms. The topological polar surface area (TPSA) is 41.1 Å². The summed E-state index contributed by atoms with van der Waals surface area (Å²) in [5, 5.41) is 3.44. The van der Waals surface area contributed by atoms with E-state index in [1.54, 1.807) is 6.33 Å². The second-order valence-electron chi connectivity index (χ2n) is 3.99. The van der Waals surface area contributed by atoms with Crippen LogP contribution in [-0.4, -0.2) is 40.5 Å². The van der Waals surface area contributed by atoms with Crippen LogP contribution in [-0.2, 0) is 0 Å². The Bertz CT molecular complexity index is 277. The molecule has 0 aliphatic carbocycles. The van der Waals surface area contributed by atoms with Crippen molar-refractivity contribution in [2.45, 2.75) is 25.4 Å². The third-order valence-electron chi connectivity index (χ3n) is 2.82. The Hall–Kier alpha value is -1.16. The van der Waals surface area contributed by atoms with Crippen LogP contribution < -0.4 is 5.32 Å². The molecule has 0 aromatic carbocycles. The SMILES string of the molecule is CC1CC(Nc2cncnc2)CN1C. The van der Waals surface area contributed by atoms with Crippen LogP contribution in [0.2, 0.25) is 0 Å². The Kier molecular flexibility index (Phi) is 2.63. The van der Waals surface area contributed by atoms with Gasteiger partial charge in [0.2, 0.25) is 0 Å². The van der Waals surface area contributed by atoms with Crippen molar-refractivity contribution in [3.05, 3.63) is 18.7 Å². The van der Waals surface area contributed by atoms with E-state index < -0.39 is 0 Å². The number of likely N-dealkylation sites (N-methyl/N-ethyl adjacent to an activating group) is 1. The first-order valence-corrected chi connectivity index (χ1v) is 4.97. The van der Waals surface area contributed by atoms with Gasteiger partial charge in [0.25, 0.3) is 0 Å². The lowest BCUT2D eigenvalue weighted by atomic mass is 10.2. The smallest absolute Gasteiger partial charge is 0.115 e. The van der Waals surface area contributed by atoms with Crippen LogP contribution >= 0.6 is 0 Å². The summed E-state index contributed by atoms with van der Waals surface area (Å²) in [5.41, 5.74) is 1.01. The van der Waals surface area contributed by atoms with E-state index in [2.05, 4.69) is 34.2 Å². The highest BCUT2D eigenvalue weighted by Gasteiger charge is 2.25. The van der Waals surface area contributed by atoms with Crippen molar-refractivity contribution in [1.29, 1.82) is 0 Å². The molecular formula is C10H16N4. The zero-order valence-electron chi connectivity index (χ0n) is 8.64. The number of likely N-dealkylation sites (tertiary alicyclic amines) is 1. The van der Waals surface area contributed by atoms with Crippen molar-refractivity contribution in [2.75, 3.05) is 18.9 Å². The van der Waals surface area contributed by atoms with E-state index in [0.717, 1.165) is 12.2 Å². The van der Waals surface area contributed by atoms with E-state index in [1.807, 2.05) is 12.4 Å². The molecule has 14 heavy (non-hydrogen) atoms. The maximum absolute atomic E-state index is 3.98. The second-order valence-corrected chi connectivity index (χ2v) is 3.99. The monoisotopic (exact) mass is 192 g/mol. The third kappa shape index (κ3) is 2.01. The van der Waals surface area contributed by atoms with Crippen LogP contribution in [0, 0.1) is 0 Å². The molecule has 4 nitrogen and oxygen atoms in total. The highest BCUT2D eigenvalue weighted by atomic mass is 15.2. The molecular weight excluding hydrogens is 176 g/mol. The minimum atomic E-state index is 0.529. The van der Waals surface area contributed by atoms with Gasteiger partial charge in [0.05, 0.1) is 18.1 Å². The lowest BCUT2D eigenvalue weighted by Gasteiger charge is -2.13. The van der Waals surface area contributed by atoms with Crippen molar-refractivity contribution in [1.82, 2.24) is 14.9 Å². The van der Waals surface area contributed by atoms with Crippen LogP contribution in [0.5, 0.6) is 0 Å². The van der Waals surface area contributed by atoms with Crippen LogP contribution in [0.15, 0.2) is 18.7 Å². The molecule has 1 aromatic rings. The number of rotatable bonds is 2. The summed E-state index contributed by atoms with van der Waals surface area (Å²) in [5.74, 6) is 0. The van der Waals surface area contributed by atoms with Gasteiger partial charge in [-0.1, -0.05) is 0 Å². The zero-order chi connectivity index (χ0) is 9.97. The summed E-state index contributed by atoms with van der Waals surface area (Å²) in [7, 11) is 2.16. The van der Waals surface area contributed by atoms with Gasteiger partial charge in [0, 0.05) is 18.6 Å². The van der Waals surface area contributed by atoms with Crippen LogP contribution in [0.3, 0.4) is 0 Å². The molecule has 0 spiro atoms. The Morgan fingerprint density at radius 1 is 1.43 bits per heavy atom. The molecule has 0 saturated carbocycles. The number of nitrogens with zero attached hydrogens (tertiary/aromatic N) is 3. The first kappa shape index (κ1) is 9.40. The van der Waals surface area contributed by atoms with Crippen LogP contribution in [0.25, 0.3) is 0 Å². The Labute approximate surface area is 84.4 Å². The summed E-state index contributed by atoms with van der Waals surface area (Å²) in [6.45, 7) is 3.35. The van der Waals surface area contributed by atoms with E-state index >= 15 is 0 Å². The van der Waals surface area contributed by atoms with E-state index in [0.29, 0.717) is 12.1 Å². The average molecular weight is 192 g/mol. The number of aromatic nitrogens is 2. The van der Waals surface area contributed by atoms with Crippen LogP contribution in [0.1, 0.15) is 13.3 Å². The summed E-state index contributed by atoms with van der Waals surface area (Å²) < 4.78 is 0. The van der Waals surface area contributed by atoms with Gasteiger partial charge in [0.15, 0.2) is 0 Å².